The number of fused-ring (bicyclic) bond motifs is 1. The van der Waals surface area contributed by atoms with Crippen LogP contribution in [0.2, 0.25) is 0 Å². The van der Waals surface area contributed by atoms with Crippen molar-refractivity contribution in [3.8, 4) is 0 Å². The minimum Gasteiger partial charge on any atom is -0.351 e. The number of hydrogen-bond donors (Lipinski definition) is 1. The molecule has 0 unspecified atom stereocenters. The summed E-state index contributed by atoms with van der Waals surface area (Å²) in [5.74, 6) is -0.501. The lowest BCUT2D eigenvalue weighted by Crippen LogP contribution is -2.25. The summed E-state index contributed by atoms with van der Waals surface area (Å²) in [6.07, 6.45) is -2.90. The van der Waals surface area contributed by atoms with E-state index in [1.54, 1.807) is 20.8 Å². The van der Waals surface area contributed by atoms with Gasteiger partial charge in [-0.3, -0.25) is 4.79 Å². The van der Waals surface area contributed by atoms with Gasteiger partial charge >= 0.3 is 6.18 Å². The highest BCUT2D eigenvalue weighted by molar-refractivity contribution is 5.93. The third-order valence-electron chi connectivity index (χ3n) is 3.53. The fourth-order valence-corrected chi connectivity index (χ4v) is 2.14. The first-order valence-electron chi connectivity index (χ1n) is 7.80. The van der Waals surface area contributed by atoms with E-state index in [2.05, 4.69) is 15.4 Å². The number of rotatable bonds is 4. The van der Waals surface area contributed by atoms with Crippen molar-refractivity contribution in [2.45, 2.75) is 52.1 Å². The molecule has 2 rings (SSSR count). The first-order chi connectivity index (χ1) is 11.0. The largest absolute Gasteiger partial charge is 0.433 e. The van der Waals surface area contributed by atoms with Crippen molar-refractivity contribution in [2.75, 3.05) is 6.54 Å². The molecule has 5 nitrogen and oxygen atoms in total. The molecule has 0 aliphatic heterocycles. The van der Waals surface area contributed by atoms with Crippen LogP contribution < -0.4 is 5.32 Å². The maximum atomic E-state index is 13.4. The molecule has 2 aromatic heterocycles. The van der Waals surface area contributed by atoms with Crippen molar-refractivity contribution in [3.63, 3.8) is 0 Å². The highest BCUT2D eigenvalue weighted by Gasteiger charge is 2.36. The van der Waals surface area contributed by atoms with Crippen LogP contribution in [0.15, 0.2) is 12.1 Å². The Labute approximate surface area is 138 Å². The second kappa shape index (κ2) is 6.41. The summed E-state index contributed by atoms with van der Waals surface area (Å²) < 4.78 is 40.8. The van der Waals surface area contributed by atoms with E-state index in [0.717, 1.165) is 18.9 Å². The van der Waals surface area contributed by atoms with Gasteiger partial charge in [0, 0.05) is 18.0 Å². The van der Waals surface area contributed by atoms with Crippen molar-refractivity contribution in [2.24, 2.45) is 0 Å². The van der Waals surface area contributed by atoms with Crippen LogP contribution in [0.25, 0.3) is 5.65 Å². The molecule has 0 atom stereocenters. The van der Waals surface area contributed by atoms with E-state index in [4.69, 9.17) is 0 Å². The average molecular weight is 342 g/mol. The Bertz CT molecular complexity index is 744. The van der Waals surface area contributed by atoms with Crippen LogP contribution in [0, 0.1) is 0 Å². The molecule has 2 aromatic rings. The minimum absolute atomic E-state index is 0.00962. The number of halogens is 3. The second-order valence-electron chi connectivity index (χ2n) is 6.68. The molecule has 1 N–H and O–H groups in total. The molecule has 2 heterocycles. The molecule has 0 saturated carbocycles. The summed E-state index contributed by atoms with van der Waals surface area (Å²) in [6, 6.07) is 2.27. The Morgan fingerprint density at radius 1 is 1.25 bits per heavy atom. The van der Waals surface area contributed by atoms with E-state index in [1.807, 2.05) is 6.92 Å². The quantitative estimate of drug-likeness (QED) is 0.864. The normalized spacial score (nSPS) is 12.6. The Kier molecular flexibility index (Phi) is 4.87. The number of unbranched alkanes of at least 4 members (excludes halogenated alkanes) is 1. The lowest BCUT2D eigenvalue weighted by molar-refractivity contribution is -0.142. The van der Waals surface area contributed by atoms with Gasteiger partial charge in [0.05, 0.1) is 5.69 Å². The molecule has 8 heteroatoms. The van der Waals surface area contributed by atoms with Crippen molar-refractivity contribution >= 4 is 11.6 Å². The number of alkyl halides is 3. The smallest absolute Gasteiger partial charge is 0.351 e. The Balaban J connectivity index is 2.52. The lowest BCUT2D eigenvalue weighted by atomic mass is 9.91. The van der Waals surface area contributed by atoms with E-state index < -0.39 is 23.2 Å². The van der Waals surface area contributed by atoms with Gasteiger partial charge in [0.2, 0.25) is 0 Å². The maximum Gasteiger partial charge on any atom is 0.433 e. The van der Waals surface area contributed by atoms with Gasteiger partial charge in [-0.05, 0) is 12.5 Å². The molecule has 1 amide bonds. The van der Waals surface area contributed by atoms with Gasteiger partial charge in [0.25, 0.3) is 5.91 Å². The summed E-state index contributed by atoms with van der Waals surface area (Å²) in [5, 5.41) is 6.44. The highest BCUT2D eigenvalue weighted by Crippen LogP contribution is 2.32. The number of carbonyl (C=O) groups excluding carboxylic acids is 1. The predicted octanol–water partition coefficient (Wildman–Crippen LogP) is 3.58. The van der Waals surface area contributed by atoms with Gasteiger partial charge < -0.3 is 5.32 Å². The molecular formula is C16H21F3N4O. The number of aromatic nitrogens is 3. The third-order valence-corrected chi connectivity index (χ3v) is 3.53. The summed E-state index contributed by atoms with van der Waals surface area (Å²) in [7, 11) is 0. The standard InChI is InChI=1S/C16H21F3N4O/c1-5-6-7-20-14(24)10-8-13-21-11(15(2,3)4)9-12(16(17,18)19)23(13)22-10/h8-9H,5-7H2,1-4H3,(H,20,24). The zero-order chi connectivity index (χ0) is 18.1. The minimum atomic E-state index is -4.59. The van der Waals surface area contributed by atoms with Crippen molar-refractivity contribution in [1.29, 1.82) is 0 Å². The Hall–Kier alpha value is -2.12. The monoisotopic (exact) mass is 342 g/mol. The SMILES string of the molecule is CCCCNC(=O)c1cc2nc(C(C)(C)C)cc(C(F)(F)F)n2n1. The fourth-order valence-electron chi connectivity index (χ4n) is 2.14. The number of amides is 1. The molecule has 0 aromatic carbocycles. The molecule has 0 aliphatic carbocycles. The van der Waals surface area contributed by atoms with Crippen molar-refractivity contribution in [3.05, 3.63) is 29.2 Å². The van der Waals surface area contributed by atoms with Crippen LogP contribution in [-0.4, -0.2) is 27.0 Å². The molecule has 24 heavy (non-hydrogen) atoms. The van der Waals surface area contributed by atoms with E-state index in [0.29, 0.717) is 16.8 Å². The van der Waals surface area contributed by atoms with Gasteiger partial charge in [-0.1, -0.05) is 34.1 Å². The van der Waals surface area contributed by atoms with Crippen LogP contribution in [-0.2, 0) is 11.6 Å². The highest BCUT2D eigenvalue weighted by atomic mass is 19.4. The van der Waals surface area contributed by atoms with E-state index >= 15 is 0 Å². The maximum absolute atomic E-state index is 13.4. The first kappa shape index (κ1) is 18.2. The van der Waals surface area contributed by atoms with Crippen LogP contribution in [0.3, 0.4) is 0 Å². The zero-order valence-electron chi connectivity index (χ0n) is 14.2. The molecule has 0 aliphatic rings. The van der Waals surface area contributed by atoms with Gasteiger partial charge in [-0.25, -0.2) is 9.50 Å². The molecule has 132 valence electrons. The zero-order valence-corrected chi connectivity index (χ0v) is 14.2. The first-order valence-corrected chi connectivity index (χ1v) is 7.80. The number of nitrogens with zero attached hydrogens (tertiary/aromatic N) is 3. The fraction of sp³-hybridized carbons (Fsp3) is 0.562. The summed E-state index contributed by atoms with van der Waals surface area (Å²) in [5.41, 5.74) is -1.27. The summed E-state index contributed by atoms with van der Waals surface area (Å²) in [6.45, 7) is 7.77. The number of nitrogens with one attached hydrogen (secondary N) is 1. The van der Waals surface area contributed by atoms with Gasteiger partial charge in [0.15, 0.2) is 11.3 Å². The lowest BCUT2D eigenvalue weighted by Gasteiger charge is -2.19. The summed E-state index contributed by atoms with van der Waals surface area (Å²) in [4.78, 5) is 16.3. The van der Waals surface area contributed by atoms with Crippen molar-refractivity contribution in [1.82, 2.24) is 19.9 Å². The second-order valence-corrected chi connectivity index (χ2v) is 6.68. The Morgan fingerprint density at radius 2 is 1.92 bits per heavy atom. The summed E-state index contributed by atoms with van der Waals surface area (Å²) >= 11 is 0. The van der Waals surface area contributed by atoms with Gasteiger partial charge in [0.1, 0.15) is 5.69 Å². The van der Waals surface area contributed by atoms with Crippen LogP contribution in [0.5, 0.6) is 0 Å². The average Bonchev–Trinajstić information content (AvgIpc) is 2.88. The predicted molar refractivity (Wildman–Crippen MR) is 83.9 cm³/mol. The van der Waals surface area contributed by atoms with Gasteiger partial charge in [-0.2, -0.15) is 18.3 Å². The molecule has 0 fully saturated rings. The number of hydrogen-bond acceptors (Lipinski definition) is 3. The van der Waals surface area contributed by atoms with E-state index in [1.165, 1.54) is 6.07 Å². The third kappa shape index (κ3) is 3.85. The van der Waals surface area contributed by atoms with E-state index in [9.17, 15) is 18.0 Å². The van der Waals surface area contributed by atoms with Crippen LogP contribution in [0.4, 0.5) is 13.2 Å². The van der Waals surface area contributed by atoms with Gasteiger partial charge in [-0.15, -0.1) is 0 Å². The van der Waals surface area contributed by atoms with Crippen LogP contribution in [0.1, 0.15) is 62.4 Å². The van der Waals surface area contributed by atoms with E-state index in [-0.39, 0.29) is 11.3 Å². The molecule has 0 radical (unpaired) electrons. The number of carbonyl (C=O) groups is 1. The molecular weight excluding hydrogens is 321 g/mol. The topological polar surface area (TPSA) is 59.3 Å². The molecule has 0 bridgehead atoms. The molecule has 0 spiro atoms. The van der Waals surface area contributed by atoms with Crippen molar-refractivity contribution < 1.29 is 18.0 Å². The Morgan fingerprint density at radius 3 is 2.46 bits per heavy atom. The van der Waals surface area contributed by atoms with Crippen LogP contribution >= 0.6 is 0 Å². The molecule has 0 saturated heterocycles.